The smallest absolute Gasteiger partial charge is 0.253 e. The molecule has 0 bridgehead atoms. The Kier molecular flexibility index (Phi) is 4.48. The van der Waals surface area contributed by atoms with Crippen molar-refractivity contribution in [3.05, 3.63) is 50.4 Å². The zero-order valence-corrected chi connectivity index (χ0v) is 13.6. The number of halogens is 2. The fourth-order valence-corrected chi connectivity index (χ4v) is 3.69. The summed E-state index contributed by atoms with van der Waals surface area (Å²) < 4.78 is 0. The van der Waals surface area contributed by atoms with Gasteiger partial charge in [-0.25, -0.2) is 4.98 Å². The molecule has 1 aromatic heterocycles. The molecular formula is C15H14Cl2N2OS. The maximum Gasteiger partial charge on any atom is 0.253 e. The first-order valence-electron chi connectivity index (χ1n) is 6.79. The molecule has 1 saturated heterocycles. The van der Waals surface area contributed by atoms with Gasteiger partial charge in [0, 0.05) is 36.1 Å². The van der Waals surface area contributed by atoms with E-state index in [-0.39, 0.29) is 5.91 Å². The Hall–Kier alpha value is -1.10. The summed E-state index contributed by atoms with van der Waals surface area (Å²) in [4.78, 5) is 18.7. The normalized spacial score (nSPS) is 16.2. The van der Waals surface area contributed by atoms with Gasteiger partial charge in [-0.15, -0.1) is 11.3 Å². The van der Waals surface area contributed by atoms with Gasteiger partial charge < -0.3 is 4.90 Å². The van der Waals surface area contributed by atoms with Crippen LogP contribution in [0.5, 0.6) is 0 Å². The SMILES string of the molecule is O=C(c1ccc(Cl)c(Cl)c1)N1CCC(c2nccs2)CC1. The minimum Gasteiger partial charge on any atom is -0.339 e. The van der Waals surface area contributed by atoms with Gasteiger partial charge >= 0.3 is 0 Å². The number of piperidine rings is 1. The van der Waals surface area contributed by atoms with Crippen LogP contribution in [-0.2, 0) is 0 Å². The van der Waals surface area contributed by atoms with E-state index >= 15 is 0 Å². The van der Waals surface area contributed by atoms with Gasteiger partial charge in [-0.1, -0.05) is 23.2 Å². The Labute approximate surface area is 137 Å². The van der Waals surface area contributed by atoms with Crippen LogP contribution in [0.1, 0.15) is 34.1 Å². The minimum atomic E-state index is 0.0196. The molecule has 2 heterocycles. The van der Waals surface area contributed by atoms with Crippen LogP contribution in [0.2, 0.25) is 10.0 Å². The lowest BCUT2D eigenvalue weighted by Gasteiger charge is -2.31. The van der Waals surface area contributed by atoms with E-state index in [1.54, 1.807) is 29.5 Å². The van der Waals surface area contributed by atoms with Crippen molar-refractivity contribution in [2.45, 2.75) is 18.8 Å². The molecular weight excluding hydrogens is 327 g/mol. The van der Waals surface area contributed by atoms with Crippen molar-refractivity contribution < 1.29 is 4.79 Å². The summed E-state index contributed by atoms with van der Waals surface area (Å²) in [6, 6.07) is 5.03. The molecule has 21 heavy (non-hydrogen) atoms. The zero-order valence-electron chi connectivity index (χ0n) is 11.3. The number of thiazole rings is 1. The number of rotatable bonds is 2. The molecule has 0 aliphatic carbocycles. The highest BCUT2D eigenvalue weighted by Gasteiger charge is 2.25. The van der Waals surface area contributed by atoms with E-state index in [1.807, 2.05) is 16.5 Å². The topological polar surface area (TPSA) is 33.2 Å². The monoisotopic (exact) mass is 340 g/mol. The Morgan fingerprint density at radius 2 is 2.00 bits per heavy atom. The molecule has 6 heteroatoms. The highest BCUT2D eigenvalue weighted by molar-refractivity contribution is 7.09. The number of amides is 1. The van der Waals surface area contributed by atoms with Gasteiger partial charge in [0.25, 0.3) is 5.91 Å². The Morgan fingerprint density at radius 3 is 2.62 bits per heavy atom. The van der Waals surface area contributed by atoms with Crippen LogP contribution >= 0.6 is 34.5 Å². The van der Waals surface area contributed by atoms with Crippen molar-refractivity contribution in [1.29, 1.82) is 0 Å². The van der Waals surface area contributed by atoms with E-state index in [0.29, 0.717) is 21.5 Å². The van der Waals surface area contributed by atoms with Crippen LogP contribution in [0.4, 0.5) is 0 Å². The van der Waals surface area contributed by atoms with Crippen LogP contribution in [0, 0.1) is 0 Å². The Morgan fingerprint density at radius 1 is 1.24 bits per heavy atom. The van der Waals surface area contributed by atoms with Gasteiger partial charge in [-0.2, -0.15) is 0 Å². The van der Waals surface area contributed by atoms with Gasteiger partial charge in [0.1, 0.15) is 0 Å². The number of aromatic nitrogens is 1. The molecule has 0 spiro atoms. The first-order chi connectivity index (χ1) is 10.1. The van der Waals surface area contributed by atoms with Crippen molar-refractivity contribution in [3.63, 3.8) is 0 Å². The van der Waals surface area contributed by atoms with E-state index in [2.05, 4.69) is 4.98 Å². The number of hydrogen-bond donors (Lipinski definition) is 0. The molecule has 2 aromatic rings. The number of hydrogen-bond acceptors (Lipinski definition) is 3. The quantitative estimate of drug-likeness (QED) is 0.807. The highest BCUT2D eigenvalue weighted by atomic mass is 35.5. The van der Waals surface area contributed by atoms with E-state index in [4.69, 9.17) is 23.2 Å². The van der Waals surface area contributed by atoms with Crippen LogP contribution in [0.25, 0.3) is 0 Å². The van der Waals surface area contributed by atoms with Crippen LogP contribution in [-0.4, -0.2) is 28.9 Å². The summed E-state index contributed by atoms with van der Waals surface area (Å²) in [6.07, 6.45) is 3.76. The lowest BCUT2D eigenvalue weighted by atomic mass is 9.97. The average molecular weight is 341 g/mol. The van der Waals surface area contributed by atoms with E-state index in [0.717, 1.165) is 25.9 Å². The molecule has 1 fully saturated rings. The van der Waals surface area contributed by atoms with E-state index in [9.17, 15) is 4.79 Å². The summed E-state index contributed by atoms with van der Waals surface area (Å²) in [5.41, 5.74) is 0.595. The molecule has 1 amide bonds. The number of carbonyl (C=O) groups excluding carboxylic acids is 1. The third kappa shape index (κ3) is 3.23. The van der Waals surface area contributed by atoms with Gasteiger partial charge in [0.05, 0.1) is 15.1 Å². The van der Waals surface area contributed by atoms with Crippen LogP contribution < -0.4 is 0 Å². The highest BCUT2D eigenvalue weighted by Crippen LogP contribution is 2.30. The largest absolute Gasteiger partial charge is 0.339 e. The molecule has 0 radical (unpaired) electrons. The van der Waals surface area contributed by atoms with Crippen molar-refractivity contribution in [3.8, 4) is 0 Å². The fourth-order valence-electron chi connectivity index (χ4n) is 2.58. The molecule has 1 aromatic carbocycles. The van der Waals surface area contributed by atoms with Crippen molar-refractivity contribution in [2.75, 3.05) is 13.1 Å². The predicted octanol–water partition coefficient (Wildman–Crippen LogP) is 4.47. The van der Waals surface area contributed by atoms with E-state index < -0.39 is 0 Å². The summed E-state index contributed by atoms with van der Waals surface area (Å²) in [5.74, 6) is 0.494. The lowest BCUT2D eigenvalue weighted by molar-refractivity contribution is 0.0713. The zero-order chi connectivity index (χ0) is 14.8. The average Bonchev–Trinajstić information content (AvgIpc) is 3.04. The Bertz CT molecular complexity index is 637. The van der Waals surface area contributed by atoms with Crippen molar-refractivity contribution in [2.24, 2.45) is 0 Å². The molecule has 1 aliphatic heterocycles. The second kappa shape index (κ2) is 6.34. The van der Waals surface area contributed by atoms with Crippen molar-refractivity contribution >= 4 is 40.4 Å². The molecule has 0 N–H and O–H groups in total. The molecule has 0 unspecified atom stereocenters. The molecule has 3 rings (SSSR count). The van der Waals surface area contributed by atoms with Crippen LogP contribution in [0.15, 0.2) is 29.8 Å². The second-order valence-electron chi connectivity index (χ2n) is 5.07. The van der Waals surface area contributed by atoms with Gasteiger partial charge in [-0.3, -0.25) is 4.79 Å². The summed E-state index contributed by atoms with van der Waals surface area (Å²) in [5, 5.41) is 4.07. The second-order valence-corrected chi connectivity index (χ2v) is 6.81. The number of nitrogens with zero attached hydrogens (tertiary/aromatic N) is 2. The standard InChI is InChI=1S/C15H14Cl2N2OS/c16-12-2-1-11(9-13(12)17)15(20)19-6-3-10(4-7-19)14-18-5-8-21-14/h1-2,5,8-10H,3-4,6-7H2. The first-order valence-corrected chi connectivity index (χ1v) is 8.42. The maximum atomic E-state index is 12.5. The number of benzene rings is 1. The maximum absolute atomic E-state index is 12.5. The number of likely N-dealkylation sites (tertiary alicyclic amines) is 1. The number of carbonyl (C=O) groups is 1. The van der Waals surface area contributed by atoms with Gasteiger partial charge in [0.15, 0.2) is 0 Å². The van der Waals surface area contributed by atoms with Crippen LogP contribution in [0.3, 0.4) is 0 Å². The molecule has 1 aliphatic rings. The molecule has 0 saturated carbocycles. The summed E-state index contributed by atoms with van der Waals surface area (Å²) in [7, 11) is 0. The third-order valence-corrected chi connectivity index (χ3v) is 5.43. The van der Waals surface area contributed by atoms with Gasteiger partial charge in [0.2, 0.25) is 0 Å². The lowest BCUT2D eigenvalue weighted by Crippen LogP contribution is -2.37. The van der Waals surface area contributed by atoms with E-state index in [1.165, 1.54) is 5.01 Å². The Balaban J connectivity index is 1.66. The molecule has 3 nitrogen and oxygen atoms in total. The van der Waals surface area contributed by atoms with Gasteiger partial charge in [-0.05, 0) is 31.0 Å². The molecule has 110 valence electrons. The summed E-state index contributed by atoms with van der Waals surface area (Å²) in [6.45, 7) is 1.51. The first kappa shape index (κ1) is 14.8. The minimum absolute atomic E-state index is 0.0196. The summed E-state index contributed by atoms with van der Waals surface area (Å²) >= 11 is 13.6. The third-order valence-electron chi connectivity index (χ3n) is 3.75. The fraction of sp³-hybridized carbons (Fsp3) is 0.333. The molecule has 0 atom stereocenters. The van der Waals surface area contributed by atoms with Crippen molar-refractivity contribution in [1.82, 2.24) is 9.88 Å². The predicted molar refractivity (Wildman–Crippen MR) is 86.5 cm³/mol.